The number of halogens is 1. The molecule has 2 aromatic carbocycles. The maximum atomic E-state index is 6.35. The fourth-order valence-electron chi connectivity index (χ4n) is 3.32. The number of hydrogen-bond acceptors (Lipinski definition) is 3. The van der Waals surface area contributed by atoms with Crippen LogP contribution in [0.1, 0.15) is 28.7 Å². The fraction of sp³-hybridized carbons (Fsp3) is 0.429. The van der Waals surface area contributed by atoms with E-state index in [0.717, 1.165) is 48.9 Å². The summed E-state index contributed by atoms with van der Waals surface area (Å²) in [4.78, 5) is 0. The average Bonchev–Trinajstić information content (AvgIpc) is 2.60. The Morgan fingerprint density at radius 3 is 2.80 bits per heavy atom. The Balaban J connectivity index is 1.72. The van der Waals surface area contributed by atoms with Crippen molar-refractivity contribution in [3.05, 3.63) is 63.7 Å². The second-order valence-electron chi connectivity index (χ2n) is 6.67. The number of nitrogens with one attached hydrogen (secondary N) is 1. The van der Waals surface area contributed by atoms with Gasteiger partial charge in [-0.15, -0.1) is 0 Å². The van der Waals surface area contributed by atoms with Crippen molar-refractivity contribution in [3.63, 3.8) is 0 Å². The summed E-state index contributed by atoms with van der Waals surface area (Å²) in [5.74, 6) is 0.981. The van der Waals surface area contributed by atoms with Crippen molar-refractivity contribution in [3.8, 4) is 5.75 Å². The molecular formula is C21H26ClNO2. The minimum Gasteiger partial charge on any atom is -0.493 e. The highest BCUT2D eigenvalue weighted by Gasteiger charge is 2.15. The largest absolute Gasteiger partial charge is 0.493 e. The van der Waals surface area contributed by atoms with Crippen LogP contribution in [0.15, 0.2) is 36.4 Å². The molecule has 1 unspecified atom stereocenters. The quantitative estimate of drug-likeness (QED) is 0.833. The van der Waals surface area contributed by atoms with Gasteiger partial charge in [0, 0.05) is 31.0 Å². The van der Waals surface area contributed by atoms with Gasteiger partial charge < -0.3 is 14.8 Å². The summed E-state index contributed by atoms with van der Waals surface area (Å²) in [6.07, 6.45) is 1.91. The van der Waals surface area contributed by atoms with E-state index >= 15 is 0 Å². The molecule has 1 atom stereocenters. The fourth-order valence-corrected chi connectivity index (χ4v) is 3.53. The molecule has 1 saturated heterocycles. The molecule has 0 aliphatic carbocycles. The average molecular weight is 360 g/mol. The van der Waals surface area contributed by atoms with Gasteiger partial charge in [0.2, 0.25) is 0 Å². The van der Waals surface area contributed by atoms with Crippen LogP contribution in [-0.4, -0.2) is 32.4 Å². The lowest BCUT2D eigenvalue weighted by atomic mass is 9.99. The van der Waals surface area contributed by atoms with Crippen molar-refractivity contribution in [1.29, 1.82) is 0 Å². The zero-order chi connectivity index (χ0) is 17.6. The molecule has 1 N–H and O–H groups in total. The van der Waals surface area contributed by atoms with E-state index in [1.54, 1.807) is 0 Å². The smallest absolute Gasteiger partial charge is 0.125 e. The van der Waals surface area contributed by atoms with E-state index in [9.17, 15) is 0 Å². The molecule has 134 valence electrons. The third-order valence-corrected chi connectivity index (χ3v) is 4.89. The molecule has 0 aromatic heterocycles. The highest BCUT2D eigenvalue weighted by atomic mass is 35.5. The molecule has 25 heavy (non-hydrogen) atoms. The van der Waals surface area contributed by atoms with Gasteiger partial charge in [-0.3, -0.25) is 0 Å². The van der Waals surface area contributed by atoms with E-state index in [-0.39, 0.29) is 6.10 Å². The second-order valence-corrected chi connectivity index (χ2v) is 7.08. The summed E-state index contributed by atoms with van der Waals surface area (Å²) in [7, 11) is 0. The van der Waals surface area contributed by atoms with Crippen LogP contribution < -0.4 is 10.1 Å². The maximum absolute atomic E-state index is 6.35. The van der Waals surface area contributed by atoms with Gasteiger partial charge in [-0.1, -0.05) is 47.5 Å². The van der Waals surface area contributed by atoms with Crippen LogP contribution >= 0.6 is 11.6 Å². The van der Waals surface area contributed by atoms with Gasteiger partial charge in [0.15, 0.2) is 0 Å². The van der Waals surface area contributed by atoms with E-state index in [1.165, 1.54) is 16.7 Å². The van der Waals surface area contributed by atoms with Crippen LogP contribution in [0.5, 0.6) is 5.75 Å². The number of morpholine rings is 1. The van der Waals surface area contributed by atoms with Crippen LogP contribution in [0.3, 0.4) is 0 Å². The number of rotatable bonds is 6. The van der Waals surface area contributed by atoms with Crippen molar-refractivity contribution in [2.45, 2.75) is 32.8 Å². The van der Waals surface area contributed by atoms with Crippen molar-refractivity contribution in [2.75, 3.05) is 26.3 Å². The first-order chi connectivity index (χ1) is 12.1. The molecule has 0 radical (unpaired) electrons. The Bertz CT molecular complexity index is 711. The summed E-state index contributed by atoms with van der Waals surface area (Å²) in [5, 5.41) is 4.16. The van der Waals surface area contributed by atoms with Gasteiger partial charge in [-0.2, -0.15) is 0 Å². The standard InChI is InChI=1S/C21H26ClNO2/c1-15-11-16(2)21(25-9-7-19-14-23-8-10-24-19)18(12-15)13-17-5-3-4-6-20(17)22/h3-6,11-12,19,23H,7-10,13-14H2,1-2H3. The van der Waals surface area contributed by atoms with Crippen molar-refractivity contribution in [2.24, 2.45) is 0 Å². The van der Waals surface area contributed by atoms with E-state index < -0.39 is 0 Å². The molecule has 0 bridgehead atoms. The second kappa shape index (κ2) is 8.70. The van der Waals surface area contributed by atoms with E-state index in [0.29, 0.717) is 6.61 Å². The lowest BCUT2D eigenvalue weighted by Crippen LogP contribution is -2.39. The maximum Gasteiger partial charge on any atom is 0.125 e. The summed E-state index contributed by atoms with van der Waals surface area (Å²) in [6.45, 7) is 7.52. The first kappa shape index (κ1) is 18.2. The number of benzene rings is 2. The Morgan fingerprint density at radius 1 is 1.20 bits per heavy atom. The third kappa shape index (κ3) is 4.97. The molecule has 1 heterocycles. The Hall–Kier alpha value is -1.55. The van der Waals surface area contributed by atoms with Crippen LogP contribution in [-0.2, 0) is 11.2 Å². The van der Waals surface area contributed by atoms with Gasteiger partial charge in [-0.05, 0) is 36.6 Å². The molecule has 1 aliphatic rings. The summed E-state index contributed by atoms with van der Waals surface area (Å²) < 4.78 is 11.9. The molecule has 1 aliphatic heterocycles. The number of aryl methyl sites for hydroxylation is 2. The van der Waals surface area contributed by atoms with Gasteiger partial charge in [0.05, 0.1) is 19.3 Å². The summed E-state index contributed by atoms with van der Waals surface area (Å²) in [5.41, 5.74) is 4.73. The number of ether oxygens (including phenoxy) is 2. The van der Waals surface area contributed by atoms with Gasteiger partial charge >= 0.3 is 0 Å². The van der Waals surface area contributed by atoms with E-state index in [1.807, 2.05) is 18.2 Å². The predicted molar refractivity (Wildman–Crippen MR) is 103 cm³/mol. The Morgan fingerprint density at radius 2 is 2.04 bits per heavy atom. The zero-order valence-corrected chi connectivity index (χ0v) is 15.7. The molecule has 2 aromatic rings. The van der Waals surface area contributed by atoms with E-state index in [4.69, 9.17) is 21.1 Å². The molecular weight excluding hydrogens is 334 g/mol. The van der Waals surface area contributed by atoms with Crippen molar-refractivity contribution < 1.29 is 9.47 Å². The minimum atomic E-state index is 0.242. The first-order valence-electron chi connectivity index (χ1n) is 8.92. The first-order valence-corrected chi connectivity index (χ1v) is 9.30. The summed E-state index contributed by atoms with van der Waals surface area (Å²) in [6, 6.07) is 12.4. The number of hydrogen-bond donors (Lipinski definition) is 1. The molecule has 0 saturated carbocycles. The topological polar surface area (TPSA) is 30.5 Å². The highest BCUT2D eigenvalue weighted by molar-refractivity contribution is 6.31. The van der Waals surface area contributed by atoms with Gasteiger partial charge in [-0.25, -0.2) is 0 Å². The summed E-state index contributed by atoms with van der Waals surface area (Å²) >= 11 is 6.35. The van der Waals surface area contributed by atoms with Gasteiger partial charge in [0.25, 0.3) is 0 Å². The normalized spacial score (nSPS) is 17.5. The zero-order valence-electron chi connectivity index (χ0n) is 15.0. The predicted octanol–water partition coefficient (Wildman–Crippen LogP) is 4.30. The SMILES string of the molecule is Cc1cc(C)c(OCCC2CNCCO2)c(Cc2ccccc2Cl)c1. The van der Waals surface area contributed by atoms with Crippen LogP contribution in [0.2, 0.25) is 5.02 Å². The lowest BCUT2D eigenvalue weighted by Gasteiger charge is -2.24. The molecule has 0 spiro atoms. The van der Waals surface area contributed by atoms with E-state index in [2.05, 4.69) is 37.4 Å². The molecule has 4 heteroatoms. The molecule has 3 rings (SSSR count). The van der Waals surface area contributed by atoms with Gasteiger partial charge in [0.1, 0.15) is 5.75 Å². The molecule has 0 amide bonds. The Labute approximate surface area is 155 Å². The van der Waals surface area contributed by atoms with Crippen LogP contribution in [0.25, 0.3) is 0 Å². The Kier molecular flexibility index (Phi) is 6.35. The monoisotopic (exact) mass is 359 g/mol. The lowest BCUT2D eigenvalue weighted by molar-refractivity contribution is 0.0158. The minimum absolute atomic E-state index is 0.242. The van der Waals surface area contributed by atoms with Crippen LogP contribution in [0.4, 0.5) is 0 Å². The highest BCUT2D eigenvalue weighted by Crippen LogP contribution is 2.30. The van der Waals surface area contributed by atoms with Crippen LogP contribution in [0, 0.1) is 13.8 Å². The third-order valence-electron chi connectivity index (χ3n) is 4.53. The van der Waals surface area contributed by atoms with Crippen molar-refractivity contribution >= 4 is 11.6 Å². The van der Waals surface area contributed by atoms with Crippen molar-refractivity contribution in [1.82, 2.24) is 5.32 Å². The molecule has 1 fully saturated rings. The molecule has 3 nitrogen and oxygen atoms in total.